The van der Waals surface area contributed by atoms with Crippen LogP contribution in [-0.2, 0) is 4.74 Å². The molecule has 0 aromatic carbocycles. The van der Waals surface area contributed by atoms with Crippen LogP contribution < -0.4 is 5.32 Å². The van der Waals surface area contributed by atoms with E-state index >= 15 is 0 Å². The van der Waals surface area contributed by atoms with E-state index in [0.717, 1.165) is 22.9 Å². The summed E-state index contributed by atoms with van der Waals surface area (Å²) in [6, 6.07) is 0. The summed E-state index contributed by atoms with van der Waals surface area (Å²) >= 11 is 0. The molecule has 19 heavy (non-hydrogen) atoms. The molecule has 1 aromatic heterocycles. The molecule has 1 fully saturated rings. The molecule has 1 aromatic rings. The number of anilines is 1. The molecule has 106 valence electrons. The van der Waals surface area contributed by atoms with E-state index in [9.17, 15) is 0 Å². The van der Waals surface area contributed by atoms with Gasteiger partial charge in [0.25, 0.3) is 0 Å². The topological polar surface area (TPSA) is 47.0 Å². The highest BCUT2D eigenvalue weighted by atomic mass is 16.5. The van der Waals surface area contributed by atoms with E-state index in [1.165, 1.54) is 32.1 Å². The predicted molar refractivity (Wildman–Crippen MR) is 77.4 cm³/mol. The molecule has 1 aliphatic rings. The lowest BCUT2D eigenvalue weighted by Crippen LogP contribution is -2.21. The summed E-state index contributed by atoms with van der Waals surface area (Å²) in [6.45, 7) is 4.09. The summed E-state index contributed by atoms with van der Waals surface area (Å²) in [5.74, 6) is 2.31. The van der Waals surface area contributed by atoms with Gasteiger partial charge in [-0.05, 0) is 32.6 Å². The Bertz CT molecular complexity index is 428. The molecule has 0 bridgehead atoms. The number of ether oxygens (including phenoxy) is 1. The van der Waals surface area contributed by atoms with Crippen LogP contribution in [0.1, 0.15) is 55.3 Å². The molecule has 0 spiro atoms. The fourth-order valence-electron chi connectivity index (χ4n) is 2.97. The summed E-state index contributed by atoms with van der Waals surface area (Å²) in [5.41, 5.74) is 2.15. The number of methoxy groups -OCH3 is 1. The van der Waals surface area contributed by atoms with Crippen molar-refractivity contribution in [3.05, 3.63) is 17.1 Å². The maximum Gasteiger partial charge on any atom is 0.160 e. The zero-order chi connectivity index (χ0) is 13.8. The van der Waals surface area contributed by atoms with E-state index in [0.29, 0.717) is 5.92 Å². The summed E-state index contributed by atoms with van der Waals surface area (Å²) < 4.78 is 5.72. The van der Waals surface area contributed by atoms with Gasteiger partial charge in [0.2, 0.25) is 0 Å². The first-order valence-corrected chi connectivity index (χ1v) is 7.23. The van der Waals surface area contributed by atoms with Crippen LogP contribution in [0.25, 0.3) is 0 Å². The first kappa shape index (κ1) is 14.3. The third-order valence-corrected chi connectivity index (χ3v) is 4.23. The first-order valence-electron chi connectivity index (χ1n) is 7.23. The van der Waals surface area contributed by atoms with Crippen LogP contribution in [0.15, 0.2) is 0 Å². The maximum absolute atomic E-state index is 5.72. The minimum atomic E-state index is 0.0340. The molecule has 1 aliphatic carbocycles. The van der Waals surface area contributed by atoms with Gasteiger partial charge >= 0.3 is 0 Å². The van der Waals surface area contributed by atoms with Crippen molar-refractivity contribution in [1.29, 1.82) is 0 Å². The summed E-state index contributed by atoms with van der Waals surface area (Å²) in [7, 11) is 3.68. The van der Waals surface area contributed by atoms with Gasteiger partial charge in [-0.1, -0.05) is 19.3 Å². The smallest absolute Gasteiger partial charge is 0.160 e. The van der Waals surface area contributed by atoms with Crippen molar-refractivity contribution < 1.29 is 4.74 Å². The van der Waals surface area contributed by atoms with Crippen LogP contribution in [0.2, 0.25) is 0 Å². The highest BCUT2D eigenvalue weighted by Gasteiger charge is 2.27. The van der Waals surface area contributed by atoms with Gasteiger partial charge in [-0.15, -0.1) is 0 Å². The zero-order valence-corrected chi connectivity index (χ0v) is 12.5. The van der Waals surface area contributed by atoms with Gasteiger partial charge < -0.3 is 10.1 Å². The normalized spacial score (nSPS) is 18.3. The molecule has 0 amide bonds. The van der Waals surface area contributed by atoms with Gasteiger partial charge in [0, 0.05) is 25.4 Å². The first-order chi connectivity index (χ1) is 9.17. The Morgan fingerprint density at radius 3 is 2.42 bits per heavy atom. The Labute approximate surface area is 116 Å². The molecule has 1 saturated carbocycles. The van der Waals surface area contributed by atoms with Gasteiger partial charge in [-0.2, -0.15) is 0 Å². The number of hydrogen-bond donors (Lipinski definition) is 1. The summed E-state index contributed by atoms with van der Waals surface area (Å²) in [6.07, 6.45) is 6.44. The number of aromatic nitrogens is 2. The van der Waals surface area contributed by atoms with Gasteiger partial charge in [-0.3, -0.25) is 0 Å². The lowest BCUT2D eigenvalue weighted by Gasteiger charge is -2.28. The Balaban J connectivity index is 2.29. The Morgan fingerprint density at radius 1 is 1.16 bits per heavy atom. The van der Waals surface area contributed by atoms with Gasteiger partial charge in [-0.25, -0.2) is 9.97 Å². The molecule has 4 heteroatoms. The van der Waals surface area contributed by atoms with Gasteiger partial charge in [0.15, 0.2) is 5.82 Å². The fraction of sp³-hybridized carbons (Fsp3) is 0.733. The summed E-state index contributed by atoms with van der Waals surface area (Å²) in [4.78, 5) is 9.30. The van der Waals surface area contributed by atoms with Crippen molar-refractivity contribution >= 4 is 5.82 Å². The van der Waals surface area contributed by atoms with E-state index < -0.39 is 0 Å². The summed E-state index contributed by atoms with van der Waals surface area (Å²) in [5, 5.41) is 3.15. The number of nitrogens with zero attached hydrogens (tertiary/aromatic N) is 2. The van der Waals surface area contributed by atoms with Crippen molar-refractivity contribution in [2.24, 2.45) is 5.92 Å². The van der Waals surface area contributed by atoms with E-state index in [4.69, 9.17) is 4.74 Å². The largest absolute Gasteiger partial charge is 0.373 e. The third kappa shape index (κ3) is 3.06. The van der Waals surface area contributed by atoms with E-state index in [1.54, 1.807) is 7.11 Å². The van der Waals surface area contributed by atoms with Crippen LogP contribution in [-0.4, -0.2) is 24.1 Å². The Morgan fingerprint density at radius 2 is 1.84 bits per heavy atom. The molecule has 1 unspecified atom stereocenters. The van der Waals surface area contributed by atoms with E-state index in [-0.39, 0.29) is 6.10 Å². The second kappa shape index (κ2) is 6.33. The van der Waals surface area contributed by atoms with E-state index in [2.05, 4.69) is 15.3 Å². The van der Waals surface area contributed by atoms with E-state index in [1.807, 2.05) is 20.9 Å². The highest BCUT2D eigenvalue weighted by molar-refractivity contribution is 5.45. The SMILES string of the molecule is CNc1nc(C(OC)C2CCCCC2)nc(C)c1C. The molecule has 2 rings (SSSR count). The predicted octanol–water partition coefficient (Wildman–Crippen LogP) is 3.40. The third-order valence-electron chi connectivity index (χ3n) is 4.23. The molecular formula is C15H25N3O. The second-order valence-electron chi connectivity index (χ2n) is 5.45. The molecule has 0 radical (unpaired) electrons. The number of hydrogen-bond acceptors (Lipinski definition) is 4. The minimum Gasteiger partial charge on any atom is -0.373 e. The maximum atomic E-state index is 5.72. The molecule has 0 aliphatic heterocycles. The average molecular weight is 263 g/mol. The number of rotatable bonds is 4. The number of nitrogens with one attached hydrogen (secondary N) is 1. The molecular weight excluding hydrogens is 238 g/mol. The monoisotopic (exact) mass is 263 g/mol. The highest BCUT2D eigenvalue weighted by Crippen LogP contribution is 2.35. The van der Waals surface area contributed by atoms with Gasteiger partial charge in [0.05, 0.1) is 0 Å². The minimum absolute atomic E-state index is 0.0340. The zero-order valence-electron chi connectivity index (χ0n) is 12.5. The van der Waals surface area contributed by atoms with Crippen molar-refractivity contribution in [2.75, 3.05) is 19.5 Å². The number of aryl methyl sites for hydroxylation is 1. The molecule has 1 heterocycles. The second-order valence-corrected chi connectivity index (χ2v) is 5.45. The lowest BCUT2D eigenvalue weighted by atomic mass is 9.85. The van der Waals surface area contributed by atoms with Crippen molar-refractivity contribution in [1.82, 2.24) is 9.97 Å². The van der Waals surface area contributed by atoms with Crippen LogP contribution in [0.4, 0.5) is 5.82 Å². The molecule has 1 atom stereocenters. The fourth-order valence-corrected chi connectivity index (χ4v) is 2.97. The van der Waals surface area contributed by atoms with Crippen LogP contribution in [0.3, 0.4) is 0 Å². The van der Waals surface area contributed by atoms with Crippen molar-refractivity contribution in [3.8, 4) is 0 Å². The van der Waals surface area contributed by atoms with Crippen LogP contribution in [0, 0.1) is 19.8 Å². The molecule has 0 saturated heterocycles. The standard InChI is InChI=1S/C15H25N3O/c1-10-11(2)17-15(18-14(10)16-3)13(19-4)12-8-6-5-7-9-12/h12-13H,5-9H2,1-4H3,(H,16,17,18). The van der Waals surface area contributed by atoms with Crippen LogP contribution >= 0.6 is 0 Å². The molecule has 1 N–H and O–H groups in total. The quantitative estimate of drug-likeness (QED) is 0.904. The van der Waals surface area contributed by atoms with Gasteiger partial charge in [0.1, 0.15) is 11.9 Å². The van der Waals surface area contributed by atoms with Crippen molar-refractivity contribution in [2.45, 2.75) is 52.1 Å². The van der Waals surface area contributed by atoms with Crippen molar-refractivity contribution in [3.63, 3.8) is 0 Å². The Kier molecular flexibility index (Phi) is 4.75. The lowest BCUT2D eigenvalue weighted by molar-refractivity contribution is 0.0289. The average Bonchev–Trinajstić information content (AvgIpc) is 2.44. The Hall–Kier alpha value is -1.16. The molecule has 4 nitrogen and oxygen atoms in total. The van der Waals surface area contributed by atoms with Crippen LogP contribution in [0.5, 0.6) is 0 Å².